The lowest BCUT2D eigenvalue weighted by Gasteiger charge is -2.33. The van der Waals surface area contributed by atoms with Crippen LogP contribution in [0.15, 0.2) is 24.3 Å². The number of rotatable bonds is 4. The Balaban J connectivity index is 1.95. The molecule has 0 aromatic heterocycles. The van der Waals surface area contributed by atoms with Gasteiger partial charge in [0.25, 0.3) is 0 Å². The van der Waals surface area contributed by atoms with Crippen molar-refractivity contribution in [1.29, 1.82) is 0 Å². The predicted octanol–water partition coefficient (Wildman–Crippen LogP) is 2.48. The quantitative estimate of drug-likeness (QED) is 0.895. The molecule has 2 rings (SSSR count). The summed E-state index contributed by atoms with van der Waals surface area (Å²) in [5, 5.41) is 12.0. The van der Waals surface area contributed by atoms with Crippen LogP contribution in [0.2, 0.25) is 0 Å². The molecule has 1 aromatic carbocycles. The zero-order chi connectivity index (χ0) is 17.0. The van der Waals surface area contributed by atoms with E-state index in [4.69, 9.17) is 5.11 Å². The smallest absolute Gasteiger partial charge is 0.335 e. The van der Waals surface area contributed by atoms with Crippen LogP contribution in [0.5, 0.6) is 0 Å². The molecule has 1 unspecified atom stereocenters. The number of hydrogen-bond donors (Lipinski definition) is 2. The lowest BCUT2D eigenvalue weighted by atomic mass is 9.90. The Kier molecular flexibility index (Phi) is 5.42. The van der Waals surface area contributed by atoms with Crippen LogP contribution in [0, 0.1) is 0 Å². The van der Waals surface area contributed by atoms with Gasteiger partial charge < -0.3 is 10.4 Å². The fraction of sp³-hybridized carbons (Fsp3) is 0.556. The minimum atomic E-state index is -0.902. The molecule has 1 aliphatic rings. The lowest BCUT2D eigenvalue weighted by Crippen LogP contribution is -2.47. The van der Waals surface area contributed by atoms with Crippen molar-refractivity contribution in [2.24, 2.45) is 0 Å². The van der Waals surface area contributed by atoms with E-state index in [1.54, 1.807) is 12.1 Å². The summed E-state index contributed by atoms with van der Waals surface area (Å²) < 4.78 is 0. The molecule has 1 amide bonds. The Hall–Kier alpha value is -1.88. The Morgan fingerprint density at radius 3 is 2.48 bits per heavy atom. The summed E-state index contributed by atoms with van der Waals surface area (Å²) in [6.07, 6.45) is 2.12. The maximum Gasteiger partial charge on any atom is 0.335 e. The van der Waals surface area contributed by atoms with E-state index in [9.17, 15) is 9.59 Å². The molecule has 1 aliphatic heterocycles. The highest BCUT2D eigenvalue weighted by Crippen LogP contribution is 2.27. The second kappa shape index (κ2) is 7.13. The fourth-order valence-corrected chi connectivity index (χ4v) is 3.03. The van der Waals surface area contributed by atoms with Gasteiger partial charge in [0.1, 0.15) is 0 Å². The highest BCUT2D eigenvalue weighted by Gasteiger charge is 2.24. The summed E-state index contributed by atoms with van der Waals surface area (Å²) in [5.41, 5.74) is 1.25. The van der Waals surface area contributed by atoms with Crippen LogP contribution in [0.25, 0.3) is 0 Å². The van der Waals surface area contributed by atoms with Crippen molar-refractivity contribution in [2.75, 3.05) is 19.6 Å². The summed E-state index contributed by atoms with van der Waals surface area (Å²) in [4.78, 5) is 25.2. The third-order valence-corrected chi connectivity index (χ3v) is 4.02. The number of amides is 1. The molecule has 23 heavy (non-hydrogen) atoms. The molecule has 5 heteroatoms. The number of hydrogen-bond acceptors (Lipinski definition) is 3. The molecule has 0 bridgehead atoms. The van der Waals surface area contributed by atoms with Gasteiger partial charge in [-0.2, -0.15) is 0 Å². The zero-order valence-electron chi connectivity index (χ0n) is 14.1. The van der Waals surface area contributed by atoms with Crippen LogP contribution < -0.4 is 5.32 Å². The van der Waals surface area contributed by atoms with Gasteiger partial charge in [0.15, 0.2) is 0 Å². The van der Waals surface area contributed by atoms with E-state index in [-0.39, 0.29) is 11.4 Å². The molecule has 0 radical (unpaired) electrons. The molecular formula is C18H26N2O3. The van der Waals surface area contributed by atoms with Crippen LogP contribution in [-0.4, -0.2) is 47.1 Å². The van der Waals surface area contributed by atoms with Crippen LogP contribution in [0.1, 0.15) is 55.5 Å². The van der Waals surface area contributed by atoms with Crippen molar-refractivity contribution in [3.05, 3.63) is 35.4 Å². The number of piperidine rings is 1. The number of likely N-dealkylation sites (tertiary alicyclic amines) is 1. The predicted molar refractivity (Wildman–Crippen MR) is 89.7 cm³/mol. The molecule has 1 saturated heterocycles. The van der Waals surface area contributed by atoms with Crippen LogP contribution in [0.4, 0.5) is 0 Å². The number of nitrogens with zero attached hydrogens (tertiary/aromatic N) is 1. The van der Waals surface area contributed by atoms with Gasteiger partial charge in [-0.05, 0) is 63.8 Å². The van der Waals surface area contributed by atoms with Crippen molar-refractivity contribution in [3.63, 3.8) is 0 Å². The molecule has 1 atom stereocenters. The number of nitrogens with one attached hydrogen (secondary N) is 1. The minimum Gasteiger partial charge on any atom is -0.478 e. The van der Waals surface area contributed by atoms with Gasteiger partial charge in [-0.15, -0.1) is 0 Å². The molecule has 0 spiro atoms. The third kappa shape index (κ3) is 5.36. The van der Waals surface area contributed by atoms with Gasteiger partial charge in [0.2, 0.25) is 5.91 Å². The maximum atomic E-state index is 12.1. The standard InChI is InChI=1S/C18H26N2O3/c1-18(2,3)19-16(21)12-20-10-4-5-15(11-20)13-6-8-14(9-7-13)17(22)23/h6-9,15H,4-5,10-12H2,1-3H3,(H,19,21)(H,22,23). The zero-order valence-corrected chi connectivity index (χ0v) is 14.1. The number of carboxylic acids is 1. The van der Waals surface area contributed by atoms with Crippen LogP contribution in [0.3, 0.4) is 0 Å². The first kappa shape index (κ1) is 17.5. The number of benzene rings is 1. The molecule has 1 aromatic rings. The SMILES string of the molecule is CC(C)(C)NC(=O)CN1CCCC(c2ccc(C(=O)O)cc2)C1. The van der Waals surface area contributed by atoms with E-state index in [1.807, 2.05) is 32.9 Å². The second-order valence-electron chi connectivity index (χ2n) is 7.30. The fourth-order valence-electron chi connectivity index (χ4n) is 3.03. The molecule has 2 N–H and O–H groups in total. The lowest BCUT2D eigenvalue weighted by molar-refractivity contribution is -0.123. The van der Waals surface area contributed by atoms with E-state index in [0.29, 0.717) is 18.0 Å². The highest BCUT2D eigenvalue weighted by molar-refractivity contribution is 5.87. The van der Waals surface area contributed by atoms with Crippen LogP contribution in [-0.2, 0) is 4.79 Å². The summed E-state index contributed by atoms with van der Waals surface area (Å²) in [6.45, 7) is 8.13. The van der Waals surface area contributed by atoms with Gasteiger partial charge in [-0.1, -0.05) is 12.1 Å². The van der Waals surface area contributed by atoms with Crippen molar-refractivity contribution in [1.82, 2.24) is 10.2 Å². The number of aromatic carboxylic acids is 1. The van der Waals surface area contributed by atoms with E-state index < -0.39 is 5.97 Å². The Morgan fingerprint density at radius 2 is 1.91 bits per heavy atom. The summed E-state index contributed by atoms with van der Waals surface area (Å²) in [6, 6.07) is 7.10. The van der Waals surface area contributed by atoms with Gasteiger partial charge in [-0.3, -0.25) is 9.69 Å². The minimum absolute atomic E-state index is 0.0550. The Bertz CT molecular complexity index is 561. The van der Waals surface area contributed by atoms with Gasteiger partial charge in [-0.25, -0.2) is 4.79 Å². The van der Waals surface area contributed by atoms with Gasteiger partial charge in [0.05, 0.1) is 12.1 Å². The maximum absolute atomic E-state index is 12.1. The Labute approximate surface area is 137 Å². The first-order chi connectivity index (χ1) is 10.7. The largest absolute Gasteiger partial charge is 0.478 e. The molecule has 0 aliphatic carbocycles. The molecule has 1 fully saturated rings. The number of carbonyl (C=O) groups excluding carboxylic acids is 1. The summed E-state index contributed by atoms with van der Waals surface area (Å²) in [5.74, 6) is -0.492. The molecule has 0 saturated carbocycles. The van der Waals surface area contributed by atoms with E-state index >= 15 is 0 Å². The van der Waals surface area contributed by atoms with Crippen molar-refractivity contribution < 1.29 is 14.7 Å². The van der Waals surface area contributed by atoms with Crippen molar-refractivity contribution >= 4 is 11.9 Å². The topological polar surface area (TPSA) is 69.6 Å². The average molecular weight is 318 g/mol. The molecular weight excluding hydrogens is 292 g/mol. The van der Waals surface area contributed by atoms with Crippen molar-refractivity contribution in [2.45, 2.75) is 45.1 Å². The number of carboxylic acid groups (broad SMARTS) is 1. The van der Waals surface area contributed by atoms with E-state index in [2.05, 4.69) is 10.2 Å². The first-order valence-corrected chi connectivity index (χ1v) is 8.11. The van der Waals surface area contributed by atoms with Gasteiger partial charge in [0, 0.05) is 12.1 Å². The monoisotopic (exact) mass is 318 g/mol. The van der Waals surface area contributed by atoms with Crippen molar-refractivity contribution in [3.8, 4) is 0 Å². The Morgan fingerprint density at radius 1 is 1.26 bits per heavy atom. The molecule has 5 nitrogen and oxygen atoms in total. The summed E-state index contributed by atoms with van der Waals surface area (Å²) >= 11 is 0. The first-order valence-electron chi connectivity index (χ1n) is 8.11. The molecule has 126 valence electrons. The number of carbonyl (C=O) groups is 2. The average Bonchev–Trinajstić information content (AvgIpc) is 2.45. The second-order valence-corrected chi connectivity index (χ2v) is 7.30. The van der Waals surface area contributed by atoms with Gasteiger partial charge >= 0.3 is 5.97 Å². The van der Waals surface area contributed by atoms with Crippen LogP contribution >= 0.6 is 0 Å². The van der Waals surface area contributed by atoms with E-state index in [1.165, 1.54) is 0 Å². The third-order valence-electron chi connectivity index (χ3n) is 4.02. The molecule has 1 heterocycles. The summed E-state index contributed by atoms with van der Waals surface area (Å²) in [7, 11) is 0. The highest BCUT2D eigenvalue weighted by atomic mass is 16.4. The normalized spacial score (nSPS) is 19.3. The van der Waals surface area contributed by atoms with E-state index in [0.717, 1.165) is 31.5 Å².